The second-order valence-electron chi connectivity index (χ2n) is 9.78. The number of hydrogen-bond acceptors (Lipinski definition) is 3. The van der Waals surface area contributed by atoms with Crippen LogP contribution in [0.4, 0.5) is 0 Å². The molecule has 33 heavy (non-hydrogen) atoms. The molecule has 0 bridgehead atoms. The zero-order valence-electron chi connectivity index (χ0n) is 20.4. The molecule has 0 atom stereocenters. The van der Waals surface area contributed by atoms with Crippen molar-refractivity contribution in [2.45, 2.75) is 95.3 Å². The van der Waals surface area contributed by atoms with E-state index in [9.17, 15) is 8.42 Å². The molecule has 2 aromatic rings. The first-order chi connectivity index (χ1) is 16.1. The van der Waals surface area contributed by atoms with E-state index >= 15 is 0 Å². The summed E-state index contributed by atoms with van der Waals surface area (Å²) in [4.78, 5) is 0.257. The van der Waals surface area contributed by atoms with E-state index in [4.69, 9.17) is 4.18 Å². The van der Waals surface area contributed by atoms with Crippen LogP contribution in [0.3, 0.4) is 0 Å². The van der Waals surface area contributed by atoms with Crippen molar-refractivity contribution in [3.63, 3.8) is 0 Å². The molecule has 1 saturated carbocycles. The molecule has 0 saturated heterocycles. The molecular weight excluding hydrogens is 428 g/mol. The van der Waals surface area contributed by atoms with Crippen LogP contribution < -0.4 is 0 Å². The third-order valence-corrected chi connectivity index (χ3v) is 8.51. The molecule has 0 unspecified atom stereocenters. The molecule has 0 N–H and O–H groups in total. The monoisotopic (exact) mass is 470 g/mol. The maximum absolute atomic E-state index is 12.5. The average Bonchev–Trinajstić information content (AvgIpc) is 2.84. The molecule has 1 fully saturated rings. The van der Waals surface area contributed by atoms with Crippen LogP contribution in [0.25, 0.3) is 0 Å². The molecule has 1 aliphatic carbocycles. The lowest BCUT2D eigenvalue weighted by Crippen LogP contribution is -2.15. The van der Waals surface area contributed by atoms with Crippen LogP contribution in [0.5, 0.6) is 0 Å². The zero-order valence-corrected chi connectivity index (χ0v) is 21.2. The first kappa shape index (κ1) is 26.0. The van der Waals surface area contributed by atoms with E-state index in [1.165, 1.54) is 63.4 Å². The molecule has 0 aliphatic heterocycles. The van der Waals surface area contributed by atoms with E-state index in [1.54, 1.807) is 12.1 Å². The summed E-state index contributed by atoms with van der Waals surface area (Å²) >= 11 is 0. The molecule has 3 rings (SSSR count). The normalized spacial score (nSPS) is 18.9. The van der Waals surface area contributed by atoms with Gasteiger partial charge in [0.15, 0.2) is 0 Å². The Morgan fingerprint density at radius 2 is 1.27 bits per heavy atom. The number of benzene rings is 2. The zero-order chi connectivity index (χ0) is 23.4. The molecule has 0 aromatic heterocycles. The van der Waals surface area contributed by atoms with Crippen molar-refractivity contribution < 1.29 is 12.6 Å². The number of aryl methyl sites for hydroxylation is 2. The maximum atomic E-state index is 12.5. The minimum Gasteiger partial charge on any atom is -0.266 e. The lowest BCUT2D eigenvalue weighted by Gasteiger charge is -2.28. The van der Waals surface area contributed by atoms with Gasteiger partial charge in [-0.1, -0.05) is 114 Å². The fraction of sp³-hybridized carbons (Fsp3) is 0.586. The Morgan fingerprint density at radius 1 is 0.727 bits per heavy atom. The van der Waals surface area contributed by atoms with Crippen LogP contribution >= 0.6 is 0 Å². The summed E-state index contributed by atoms with van der Waals surface area (Å²) < 4.78 is 30.3. The standard InChI is InChI=1S/C29H42O3S/c1-2-3-5-10-26-15-17-27(18-16-26)13-8-9-24-32-33(30,31)29-22-20-28(21-23-29)19-14-25-11-6-4-7-12-25/h4,6-7,11-12,20-23,26-27H,2-3,5,8-10,13-19,24H2,1H3. The van der Waals surface area contributed by atoms with Crippen LogP contribution in [0.15, 0.2) is 59.5 Å². The van der Waals surface area contributed by atoms with Crippen molar-refractivity contribution in [2.75, 3.05) is 6.61 Å². The van der Waals surface area contributed by atoms with Crippen molar-refractivity contribution in [3.8, 4) is 0 Å². The molecule has 2 aromatic carbocycles. The quantitative estimate of drug-likeness (QED) is 0.209. The molecule has 0 radical (unpaired) electrons. The predicted molar refractivity (Wildman–Crippen MR) is 137 cm³/mol. The third kappa shape index (κ3) is 9.25. The summed E-state index contributed by atoms with van der Waals surface area (Å²) in [5.74, 6) is 1.78. The van der Waals surface area contributed by atoms with Crippen molar-refractivity contribution in [3.05, 3.63) is 65.7 Å². The van der Waals surface area contributed by atoms with E-state index in [2.05, 4.69) is 19.1 Å². The summed E-state index contributed by atoms with van der Waals surface area (Å²) in [6.07, 6.45) is 15.9. The predicted octanol–water partition coefficient (Wildman–Crippen LogP) is 7.73. The van der Waals surface area contributed by atoms with Gasteiger partial charge in [-0.05, 0) is 54.4 Å². The highest BCUT2D eigenvalue weighted by Gasteiger charge is 2.20. The Morgan fingerprint density at radius 3 is 1.85 bits per heavy atom. The second kappa shape index (κ2) is 13.9. The Hall–Kier alpha value is -1.65. The van der Waals surface area contributed by atoms with Crippen molar-refractivity contribution in [1.82, 2.24) is 0 Å². The first-order valence-corrected chi connectivity index (χ1v) is 14.5. The van der Waals surface area contributed by atoms with Gasteiger partial charge in [-0.2, -0.15) is 8.42 Å². The van der Waals surface area contributed by atoms with Crippen molar-refractivity contribution >= 4 is 10.1 Å². The van der Waals surface area contributed by atoms with Gasteiger partial charge >= 0.3 is 0 Å². The highest BCUT2D eigenvalue weighted by atomic mass is 32.2. The SMILES string of the molecule is CCCCCC1CCC(CCCCOS(=O)(=O)c2ccc(CCc3ccccc3)cc2)CC1. The van der Waals surface area contributed by atoms with Gasteiger partial charge in [0.25, 0.3) is 10.1 Å². The third-order valence-electron chi connectivity index (χ3n) is 7.18. The van der Waals surface area contributed by atoms with Crippen LogP contribution in [-0.2, 0) is 27.1 Å². The fourth-order valence-electron chi connectivity index (χ4n) is 5.02. The fourth-order valence-corrected chi connectivity index (χ4v) is 5.96. The van der Waals surface area contributed by atoms with Crippen LogP contribution in [0.2, 0.25) is 0 Å². The van der Waals surface area contributed by atoms with Gasteiger partial charge in [-0.15, -0.1) is 0 Å². The summed E-state index contributed by atoms with van der Waals surface area (Å²) in [7, 11) is -3.67. The highest BCUT2D eigenvalue weighted by molar-refractivity contribution is 7.86. The molecule has 1 aliphatic rings. The lowest BCUT2D eigenvalue weighted by molar-refractivity contribution is 0.238. The van der Waals surface area contributed by atoms with E-state index in [1.807, 2.05) is 30.3 Å². The van der Waals surface area contributed by atoms with Gasteiger partial charge in [-0.3, -0.25) is 4.18 Å². The maximum Gasteiger partial charge on any atom is 0.296 e. The largest absolute Gasteiger partial charge is 0.296 e. The lowest BCUT2D eigenvalue weighted by atomic mass is 9.78. The summed E-state index contributed by atoms with van der Waals surface area (Å²) in [5.41, 5.74) is 2.43. The molecular formula is C29H42O3S. The van der Waals surface area contributed by atoms with Gasteiger partial charge < -0.3 is 0 Å². The molecule has 0 amide bonds. The van der Waals surface area contributed by atoms with E-state index in [0.29, 0.717) is 0 Å². The summed E-state index contributed by atoms with van der Waals surface area (Å²) in [5, 5.41) is 0. The molecule has 4 heteroatoms. The van der Waals surface area contributed by atoms with E-state index < -0.39 is 10.1 Å². The number of rotatable bonds is 14. The minimum atomic E-state index is -3.67. The Labute approximate surface area is 202 Å². The molecule has 0 heterocycles. The first-order valence-electron chi connectivity index (χ1n) is 13.1. The molecule has 182 valence electrons. The van der Waals surface area contributed by atoms with Crippen molar-refractivity contribution in [1.29, 1.82) is 0 Å². The van der Waals surface area contributed by atoms with Gasteiger partial charge in [0, 0.05) is 0 Å². The van der Waals surface area contributed by atoms with Crippen LogP contribution in [-0.4, -0.2) is 15.0 Å². The summed E-state index contributed by atoms with van der Waals surface area (Å²) in [6, 6.07) is 17.5. The van der Waals surface area contributed by atoms with Gasteiger partial charge in [0.1, 0.15) is 0 Å². The van der Waals surface area contributed by atoms with Crippen molar-refractivity contribution in [2.24, 2.45) is 11.8 Å². The minimum absolute atomic E-state index is 0.257. The Bertz CT molecular complexity index is 882. The second-order valence-corrected chi connectivity index (χ2v) is 11.4. The Balaban J connectivity index is 1.31. The van der Waals surface area contributed by atoms with Crippen LogP contribution in [0, 0.1) is 11.8 Å². The number of hydrogen-bond donors (Lipinski definition) is 0. The van der Waals surface area contributed by atoms with Crippen LogP contribution in [0.1, 0.15) is 88.7 Å². The molecule has 3 nitrogen and oxygen atoms in total. The Kier molecular flexibility index (Phi) is 10.9. The smallest absolute Gasteiger partial charge is 0.266 e. The number of unbranched alkanes of at least 4 members (excludes halogenated alkanes) is 3. The summed E-state index contributed by atoms with van der Waals surface area (Å²) in [6.45, 7) is 2.56. The van der Waals surface area contributed by atoms with Gasteiger partial charge in [0.05, 0.1) is 11.5 Å². The van der Waals surface area contributed by atoms with Gasteiger partial charge in [0.2, 0.25) is 0 Å². The highest BCUT2D eigenvalue weighted by Crippen LogP contribution is 2.34. The van der Waals surface area contributed by atoms with E-state index in [0.717, 1.165) is 43.1 Å². The average molecular weight is 471 g/mol. The molecule has 0 spiro atoms. The van der Waals surface area contributed by atoms with E-state index in [-0.39, 0.29) is 11.5 Å². The van der Waals surface area contributed by atoms with Gasteiger partial charge in [-0.25, -0.2) is 0 Å². The topological polar surface area (TPSA) is 43.4 Å².